The molecule has 0 saturated carbocycles. The smallest absolute Gasteiger partial charge is 0.409 e. The van der Waals surface area contributed by atoms with Crippen molar-refractivity contribution in [2.24, 2.45) is 7.05 Å². The van der Waals surface area contributed by atoms with E-state index in [1.165, 1.54) is 5.56 Å². The first-order valence-corrected chi connectivity index (χ1v) is 12.2. The number of ether oxygens (including phenoxy) is 1. The second-order valence-electron chi connectivity index (χ2n) is 10.0. The molecule has 0 atom stereocenters. The van der Waals surface area contributed by atoms with Gasteiger partial charge in [0.2, 0.25) is 0 Å². The zero-order valence-corrected chi connectivity index (χ0v) is 21.3. The van der Waals surface area contributed by atoms with Crippen LogP contribution >= 0.6 is 0 Å². The molecule has 8 nitrogen and oxygen atoms in total. The lowest BCUT2D eigenvalue weighted by Crippen LogP contribution is -2.48. The Bertz CT molecular complexity index is 1200. The van der Waals surface area contributed by atoms with E-state index in [4.69, 9.17) is 9.72 Å². The highest BCUT2D eigenvalue weighted by atomic mass is 16.6. The summed E-state index contributed by atoms with van der Waals surface area (Å²) in [6.45, 7) is 12.2. The number of aromatic nitrogens is 2. The van der Waals surface area contributed by atoms with Gasteiger partial charge in [0.05, 0.1) is 24.2 Å². The number of nitrogens with one attached hydrogen (secondary N) is 1. The minimum Gasteiger partial charge on any atom is -0.450 e. The van der Waals surface area contributed by atoms with Crippen LogP contribution in [0.15, 0.2) is 42.5 Å². The standard InChI is InChI=1S/C27H35N5O3/c1-6-35-26(34)32-15-13-31(14-16-32)18-24-29-22-17-21(11-12-23(22)30(24)5)28-25(33)19-7-9-20(10-8-19)27(2,3)4/h7-12,17H,6,13-16,18H2,1-5H3,(H,28,33). The van der Waals surface area contributed by atoms with E-state index in [1.807, 2.05) is 56.4 Å². The van der Waals surface area contributed by atoms with Crippen LogP contribution < -0.4 is 5.32 Å². The molecular formula is C27H35N5O3. The topological polar surface area (TPSA) is 79.7 Å². The zero-order valence-electron chi connectivity index (χ0n) is 21.3. The molecule has 1 fully saturated rings. The maximum Gasteiger partial charge on any atom is 0.409 e. The normalized spacial score (nSPS) is 14.8. The van der Waals surface area contributed by atoms with Crippen molar-refractivity contribution < 1.29 is 14.3 Å². The molecule has 186 valence electrons. The fourth-order valence-corrected chi connectivity index (χ4v) is 4.30. The van der Waals surface area contributed by atoms with E-state index in [0.29, 0.717) is 31.8 Å². The van der Waals surface area contributed by atoms with Gasteiger partial charge in [-0.15, -0.1) is 0 Å². The van der Waals surface area contributed by atoms with E-state index in [0.717, 1.165) is 35.6 Å². The van der Waals surface area contributed by atoms with E-state index >= 15 is 0 Å². The number of hydrogen-bond acceptors (Lipinski definition) is 5. The van der Waals surface area contributed by atoms with Crippen molar-refractivity contribution in [3.63, 3.8) is 0 Å². The molecule has 0 bridgehead atoms. The molecule has 1 aliphatic heterocycles. The van der Waals surface area contributed by atoms with Crippen molar-refractivity contribution in [2.45, 2.75) is 39.7 Å². The molecule has 0 aliphatic carbocycles. The molecule has 0 unspecified atom stereocenters. The largest absolute Gasteiger partial charge is 0.450 e. The van der Waals surface area contributed by atoms with E-state index in [1.54, 1.807) is 4.90 Å². The minimum atomic E-state index is -0.241. The molecule has 2 heterocycles. The predicted molar refractivity (Wildman–Crippen MR) is 138 cm³/mol. The minimum absolute atomic E-state index is 0.0468. The Morgan fingerprint density at radius 2 is 1.71 bits per heavy atom. The summed E-state index contributed by atoms with van der Waals surface area (Å²) in [7, 11) is 2.01. The summed E-state index contributed by atoms with van der Waals surface area (Å²) >= 11 is 0. The SMILES string of the molecule is CCOC(=O)N1CCN(Cc2nc3cc(NC(=O)c4ccc(C(C)(C)C)cc4)ccc3n2C)CC1. The fourth-order valence-electron chi connectivity index (χ4n) is 4.30. The van der Waals surface area contributed by atoms with Gasteiger partial charge in [-0.1, -0.05) is 32.9 Å². The second kappa shape index (κ2) is 10.1. The van der Waals surface area contributed by atoms with Crippen molar-refractivity contribution in [2.75, 3.05) is 38.1 Å². The van der Waals surface area contributed by atoms with Gasteiger partial charge < -0.3 is 19.5 Å². The van der Waals surface area contributed by atoms with Crippen molar-refractivity contribution in [1.29, 1.82) is 0 Å². The van der Waals surface area contributed by atoms with Gasteiger partial charge in [0.1, 0.15) is 5.82 Å². The highest BCUT2D eigenvalue weighted by molar-refractivity contribution is 6.05. The Hall–Kier alpha value is -3.39. The average Bonchev–Trinajstić information content (AvgIpc) is 3.13. The number of hydrogen-bond donors (Lipinski definition) is 1. The Morgan fingerprint density at radius 3 is 2.34 bits per heavy atom. The summed E-state index contributed by atoms with van der Waals surface area (Å²) in [6, 6.07) is 13.6. The molecule has 1 saturated heterocycles. The Kier molecular flexibility index (Phi) is 7.12. The molecule has 8 heteroatoms. The highest BCUT2D eigenvalue weighted by Gasteiger charge is 2.23. The van der Waals surface area contributed by atoms with Crippen LogP contribution in [0, 0.1) is 0 Å². The molecule has 3 aromatic rings. The lowest BCUT2D eigenvalue weighted by molar-refractivity contribution is 0.0770. The first-order chi connectivity index (χ1) is 16.7. The lowest BCUT2D eigenvalue weighted by Gasteiger charge is -2.33. The predicted octanol–water partition coefficient (Wildman–Crippen LogP) is 4.40. The van der Waals surface area contributed by atoms with E-state index in [2.05, 4.69) is 35.6 Å². The molecule has 1 aromatic heterocycles. The molecule has 1 aliphatic rings. The van der Waals surface area contributed by atoms with E-state index in [9.17, 15) is 9.59 Å². The Balaban J connectivity index is 1.41. The van der Waals surface area contributed by atoms with Crippen LogP contribution in [0.3, 0.4) is 0 Å². The molecule has 2 amide bonds. The number of amides is 2. The number of piperazine rings is 1. The van der Waals surface area contributed by atoms with Crippen LogP contribution in [0.4, 0.5) is 10.5 Å². The van der Waals surface area contributed by atoms with Crippen LogP contribution in [0.2, 0.25) is 0 Å². The molecule has 35 heavy (non-hydrogen) atoms. The number of benzene rings is 2. The lowest BCUT2D eigenvalue weighted by atomic mass is 9.87. The van der Waals surface area contributed by atoms with Crippen molar-refractivity contribution >= 4 is 28.7 Å². The first kappa shape index (κ1) is 24.7. The van der Waals surface area contributed by atoms with Gasteiger partial charge in [-0.3, -0.25) is 9.69 Å². The summed E-state index contributed by atoms with van der Waals surface area (Å²) in [5.41, 5.74) is 4.44. The van der Waals surface area contributed by atoms with Crippen LogP contribution in [-0.4, -0.2) is 64.1 Å². The number of carbonyl (C=O) groups is 2. The van der Waals surface area contributed by atoms with Gasteiger partial charge in [-0.25, -0.2) is 9.78 Å². The van der Waals surface area contributed by atoms with E-state index < -0.39 is 0 Å². The quantitative estimate of drug-likeness (QED) is 0.589. The molecule has 0 radical (unpaired) electrons. The van der Waals surface area contributed by atoms with Crippen LogP contribution in [0.25, 0.3) is 11.0 Å². The van der Waals surface area contributed by atoms with Crippen LogP contribution in [0.1, 0.15) is 49.4 Å². The molecule has 4 rings (SSSR count). The summed E-state index contributed by atoms with van der Waals surface area (Å²) in [6.07, 6.45) is -0.241. The third kappa shape index (κ3) is 5.65. The maximum absolute atomic E-state index is 12.8. The van der Waals surface area contributed by atoms with E-state index in [-0.39, 0.29) is 17.4 Å². The van der Waals surface area contributed by atoms with Gasteiger partial charge in [-0.2, -0.15) is 0 Å². The first-order valence-electron chi connectivity index (χ1n) is 12.2. The second-order valence-corrected chi connectivity index (χ2v) is 10.0. The number of nitrogens with zero attached hydrogens (tertiary/aromatic N) is 4. The van der Waals surface area contributed by atoms with Crippen molar-refractivity contribution in [3.8, 4) is 0 Å². The van der Waals surface area contributed by atoms with Crippen LogP contribution in [-0.2, 0) is 23.7 Å². The van der Waals surface area contributed by atoms with Gasteiger partial charge in [0.25, 0.3) is 5.91 Å². The number of fused-ring (bicyclic) bond motifs is 1. The Morgan fingerprint density at radius 1 is 1.03 bits per heavy atom. The summed E-state index contributed by atoms with van der Waals surface area (Å²) < 4.78 is 7.19. The monoisotopic (exact) mass is 477 g/mol. The number of carbonyl (C=O) groups excluding carboxylic acids is 2. The maximum atomic E-state index is 12.8. The molecule has 2 aromatic carbocycles. The molecule has 1 N–H and O–H groups in total. The van der Waals surface area contributed by atoms with Crippen molar-refractivity contribution in [3.05, 3.63) is 59.4 Å². The highest BCUT2D eigenvalue weighted by Crippen LogP contribution is 2.24. The van der Waals surface area contributed by atoms with Gasteiger partial charge >= 0.3 is 6.09 Å². The van der Waals surface area contributed by atoms with Gasteiger partial charge in [-0.05, 0) is 48.2 Å². The summed E-state index contributed by atoms with van der Waals surface area (Å²) in [4.78, 5) is 33.6. The summed E-state index contributed by atoms with van der Waals surface area (Å²) in [5.74, 6) is 0.811. The summed E-state index contributed by atoms with van der Waals surface area (Å²) in [5, 5.41) is 3.00. The van der Waals surface area contributed by atoms with Crippen LogP contribution in [0.5, 0.6) is 0 Å². The number of anilines is 1. The molecule has 0 spiro atoms. The number of aryl methyl sites for hydroxylation is 1. The number of imidazole rings is 1. The third-order valence-electron chi connectivity index (χ3n) is 6.51. The Labute approximate surface area is 206 Å². The zero-order chi connectivity index (χ0) is 25.2. The molecular weight excluding hydrogens is 442 g/mol. The third-order valence-corrected chi connectivity index (χ3v) is 6.51. The van der Waals surface area contributed by atoms with Gasteiger partial charge in [0.15, 0.2) is 0 Å². The van der Waals surface area contributed by atoms with Gasteiger partial charge in [0, 0.05) is 44.5 Å². The van der Waals surface area contributed by atoms with Crippen molar-refractivity contribution in [1.82, 2.24) is 19.4 Å². The number of rotatable bonds is 5. The average molecular weight is 478 g/mol. The fraction of sp³-hybridized carbons (Fsp3) is 0.444.